The molecule has 0 saturated heterocycles. The van der Waals surface area contributed by atoms with Crippen LogP contribution in [0, 0.1) is 5.92 Å². The van der Waals surface area contributed by atoms with E-state index >= 15 is 0 Å². The van der Waals surface area contributed by atoms with Crippen molar-refractivity contribution in [1.29, 1.82) is 0 Å². The normalized spacial score (nSPS) is 15.4. The Kier molecular flexibility index (Phi) is 6.74. The minimum absolute atomic E-state index is 0.492. The Labute approximate surface area is 133 Å². The average Bonchev–Trinajstić information content (AvgIpc) is 3.23. The fraction of sp³-hybridized carbons (Fsp3) is 0.765. The van der Waals surface area contributed by atoms with Crippen LogP contribution in [0.15, 0.2) is 15.6 Å². The van der Waals surface area contributed by atoms with E-state index in [2.05, 4.69) is 47.6 Å². The highest BCUT2D eigenvalue weighted by atomic mass is 16.5. The number of aromatic nitrogens is 1. The van der Waals surface area contributed by atoms with Crippen molar-refractivity contribution in [2.45, 2.75) is 65.3 Å². The van der Waals surface area contributed by atoms with Crippen molar-refractivity contribution in [3.63, 3.8) is 0 Å². The van der Waals surface area contributed by atoms with Gasteiger partial charge in [-0.1, -0.05) is 31.8 Å². The molecule has 0 aliphatic heterocycles. The largest absolute Gasteiger partial charge is 0.359 e. The molecule has 0 bridgehead atoms. The van der Waals surface area contributed by atoms with Gasteiger partial charge in [0.2, 0.25) is 0 Å². The molecule has 1 saturated carbocycles. The van der Waals surface area contributed by atoms with Gasteiger partial charge in [-0.15, -0.1) is 0 Å². The second-order valence-corrected chi connectivity index (χ2v) is 6.09. The Hall–Kier alpha value is -1.52. The first-order chi connectivity index (χ1) is 10.8. The molecule has 0 spiro atoms. The number of hydrogen-bond acceptors (Lipinski definition) is 3. The lowest BCUT2D eigenvalue weighted by Crippen LogP contribution is -2.37. The highest BCUT2D eigenvalue weighted by Crippen LogP contribution is 2.31. The Bertz CT molecular complexity index is 461. The predicted octanol–water partition coefficient (Wildman–Crippen LogP) is 3.43. The first-order valence-electron chi connectivity index (χ1n) is 8.74. The molecule has 22 heavy (non-hydrogen) atoms. The van der Waals surface area contributed by atoms with Gasteiger partial charge >= 0.3 is 0 Å². The van der Waals surface area contributed by atoms with Crippen molar-refractivity contribution in [2.75, 3.05) is 13.1 Å². The number of nitrogens with one attached hydrogen (secondary N) is 2. The van der Waals surface area contributed by atoms with Crippen LogP contribution in [0.1, 0.15) is 70.2 Å². The van der Waals surface area contributed by atoms with E-state index in [-0.39, 0.29) is 0 Å². The molecule has 0 radical (unpaired) electrons. The highest BCUT2D eigenvalue weighted by Gasteiger charge is 2.20. The van der Waals surface area contributed by atoms with E-state index in [4.69, 9.17) is 4.52 Å². The van der Waals surface area contributed by atoms with Gasteiger partial charge in [0, 0.05) is 25.1 Å². The minimum atomic E-state index is 0.492. The summed E-state index contributed by atoms with van der Waals surface area (Å²) >= 11 is 0. The lowest BCUT2D eigenvalue weighted by Gasteiger charge is -2.10. The molecular weight excluding hydrogens is 276 g/mol. The van der Waals surface area contributed by atoms with E-state index in [1.165, 1.54) is 19.3 Å². The van der Waals surface area contributed by atoms with Gasteiger partial charge in [-0.05, 0) is 32.1 Å². The molecule has 1 aromatic rings. The lowest BCUT2D eigenvalue weighted by molar-refractivity contribution is 0.372. The summed E-state index contributed by atoms with van der Waals surface area (Å²) in [4.78, 5) is 4.59. The van der Waals surface area contributed by atoms with Crippen molar-refractivity contribution >= 4 is 5.96 Å². The zero-order chi connectivity index (χ0) is 15.8. The van der Waals surface area contributed by atoms with Gasteiger partial charge in [0.15, 0.2) is 11.7 Å². The standard InChI is InChI=1S/C17H30N4O/c1-4-14(5-2)16-11-15(22-21-16)12-20-17(18-6-3)19-10-9-13-7-8-13/h11,13-14H,4-10,12H2,1-3H3,(H2,18,19,20). The average molecular weight is 306 g/mol. The van der Waals surface area contributed by atoms with E-state index in [0.29, 0.717) is 12.5 Å². The molecular formula is C17H30N4O. The molecule has 0 amide bonds. The first kappa shape index (κ1) is 16.8. The van der Waals surface area contributed by atoms with Crippen LogP contribution in [0.5, 0.6) is 0 Å². The third-order valence-corrected chi connectivity index (χ3v) is 4.26. The van der Waals surface area contributed by atoms with Crippen LogP contribution in [-0.2, 0) is 6.54 Å². The second-order valence-electron chi connectivity index (χ2n) is 6.09. The van der Waals surface area contributed by atoms with Crippen molar-refractivity contribution in [2.24, 2.45) is 10.9 Å². The maximum absolute atomic E-state index is 5.42. The zero-order valence-electron chi connectivity index (χ0n) is 14.2. The Morgan fingerprint density at radius 1 is 1.32 bits per heavy atom. The SMILES string of the molecule is CCNC(=NCc1cc(C(CC)CC)no1)NCCC1CC1. The first-order valence-corrected chi connectivity index (χ1v) is 8.74. The summed E-state index contributed by atoms with van der Waals surface area (Å²) in [6.45, 7) is 8.85. The number of aliphatic imine (C=N–C) groups is 1. The molecule has 5 heteroatoms. The topological polar surface area (TPSA) is 62.5 Å². The van der Waals surface area contributed by atoms with Crippen molar-refractivity contribution < 1.29 is 4.52 Å². The summed E-state index contributed by atoms with van der Waals surface area (Å²) < 4.78 is 5.42. The Morgan fingerprint density at radius 3 is 2.73 bits per heavy atom. The van der Waals surface area contributed by atoms with Crippen LogP contribution in [0.2, 0.25) is 0 Å². The molecule has 1 aromatic heterocycles. The van der Waals surface area contributed by atoms with Gasteiger partial charge in [-0.25, -0.2) is 4.99 Å². The van der Waals surface area contributed by atoms with E-state index in [1.54, 1.807) is 0 Å². The third-order valence-electron chi connectivity index (χ3n) is 4.26. The monoisotopic (exact) mass is 306 g/mol. The summed E-state index contributed by atoms with van der Waals surface area (Å²) in [6, 6.07) is 2.05. The number of nitrogens with zero attached hydrogens (tertiary/aromatic N) is 2. The van der Waals surface area contributed by atoms with Crippen LogP contribution in [0.3, 0.4) is 0 Å². The molecule has 1 aliphatic carbocycles. The summed E-state index contributed by atoms with van der Waals surface area (Å²) in [5.41, 5.74) is 1.06. The van der Waals surface area contributed by atoms with Gasteiger partial charge in [-0.2, -0.15) is 0 Å². The Balaban J connectivity index is 1.85. The predicted molar refractivity (Wildman–Crippen MR) is 90.0 cm³/mol. The molecule has 5 nitrogen and oxygen atoms in total. The van der Waals surface area contributed by atoms with Gasteiger partial charge in [0.1, 0.15) is 6.54 Å². The van der Waals surface area contributed by atoms with Crippen LogP contribution in [0.4, 0.5) is 0 Å². The fourth-order valence-corrected chi connectivity index (χ4v) is 2.60. The molecule has 2 rings (SSSR count). The quantitative estimate of drug-likeness (QED) is 0.542. The summed E-state index contributed by atoms with van der Waals surface area (Å²) in [6.07, 6.45) is 6.22. The Morgan fingerprint density at radius 2 is 2.09 bits per heavy atom. The zero-order valence-corrected chi connectivity index (χ0v) is 14.2. The van der Waals surface area contributed by atoms with Gasteiger partial charge in [-0.3, -0.25) is 0 Å². The van der Waals surface area contributed by atoms with Crippen molar-refractivity contribution in [3.8, 4) is 0 Å². The van der Waals surface area contributed by atoms with Gasteiger partial charge in [0.05, 0.1) is 5.69 Å². The van der Waals surface area contributed by atoms with Crippen LogP contribution in [-0.4, -0.2) is 24.2 Å². The van der Waals surface area contributed by atoms with E-state index in [0.717, 1.165) is 49.3 Å². The van der Waals surface area contributed by atoms with E-state index in [1.807, 2.05) is 0 Å². The van der Waals surface area contributed by atoms with Gasteiger partial charge in [0.25, 0.3) is 0 Å². The summed E-state index contributed by atoms with van der Waals surface area (Å²) in [5.74, 6) is 3.13. The number of guanidine groups is 1. The molecule has 0 aromatic carbocycles. The van der Waals surface area contributed by atoms with Gasteiger partial charge < -0.3 is 15.2 Å². The second kappa shape index (κ2) is 8.81. The molecule has 0 atom stereocenters. The summed E-state index contributed by atoms with van der Waals surface area (Å²) in [7, 11) is 0. The minimum Gasteiger partial charge on any atom is -0.359 e. The van der Waals surface area contributed by atoms with Crippen molar-refractivity contribution in [1.82, 2.24) is 15.8 Å². The maximum Gasteiger partial charge on any atom is 0.191 e. The van der Waals surface area contributed by atoms with Crippen LogP contribution < -0.4 is 10.6 Å². The number of hydrogen-bond donors (Lipinski definition) is 2. The molecule has 2 N–H and O–H groups in total. The van der Waals surface area contributed by atoms with E-state index < -0.39 is 0 Å². The van der Waals surface area contributed by atoms with Crippen LogP contribution in [0.25, 0.3) is 0 Å². The highest BCUT2D eigenvalue weighted by molar-refractivity contribution is 5.79. The molecule has 1 heterocycles. The lowest BCUT2D eigenvalue weighted by atomic mass is 9.99. The maximum atomic E-state index is 5.42. The molecule has 1 aliphatic rings. The smallest absolute Gasteiger partial charge is 0.191 e. The van der Waals surface area contributed by atoms with Crippen LogP contribution >= 0.6 is 0 Å². The summed E-state index contributed by atoms with van der Waals surface area (Å²) in [5, 5.41) is 10.9. The third kappa shape index (κ3) is 5.35. The van der Waals surface area contributed by atoms with E-state index in [9.17, 15) is 0 Å². The molecule has 124 valence electrons. The fourth-order valence-electron chi connectivity index (χ4n) is 2.60. The molecule has 0 unspecified atom stereocenters. The van der Waals surface area contributed by atoms with Crippen molar-refractivity contribution in [3.05, 3.63) is 17.5 Å². The number of rotatable bonds is 9. The molecule has 1 fully saturated rings.